The van der Waals surface area contributed by atoms with E-state index in [-0.39, 0.29) is 6.17 Å². The fourth-order valence-corrected chi connectivity index (χ4v) is 7.75. The van der Waals surface area contributed by atoms with Crippen LogP contribution in [0.4, 0.5) is 5.69 Å². The Hall–Kier alpha value is -4.60. The molecule has 2 aromatic heterocycles. The summed E-state index contributed by atoms with van der Waals surface area (Å²) in [7, 11) is 0. The molecule has 1 unspecified atom stereocenters. The van der Waals surface area contributed by atoms with E-state index in [1.165, 1.54) is 69.6 Å². The summed E-state index contributed by atoms with van der Waals surface area (Å²) in [6.45, 7) is 2.29. The Morgan fingerprint density at radius 2 is 1.25 bits per heavy atom. The van der Waals surface area contributed by atoms with E-state index in [2.05, 4.69) is 144 Å². The smallest absolute Gasteiger partial charge is 0.101 e. The highest BCUT2D eigenvalue weighted by molar-refractivity contribution is 7.27. The monoisotopic (exact) mass is 532 g/mol. The van der Waals surface area contributed by atoms with Crippen LogP contribution < -0.4 is 5.32 Å². The van der Waals surface area contributed by atoms with Gasteiger partial charge in [0.2, 0.25) is 0 Å². The number of hydrogen-bond acceptors (Lipinski definition) is 2. The molecule has 0 saturated heterocycles. The van der Waals surface area contributed by atoms with Crippen molar-refractivity contribution in [3.05, 3.63) is 139 Å². The maximum atomic E-state index is 3.93. The first-order valence-electron chi connectivity index (χ1n) is 13.9. The normalized spacial score (nSPS) is 12.6. The first-order valence-corrected chi connectivity index (χ1v) is 14.7. The molecule has 0 fully saturated rings. The van der Waals surface area contributed by atoms with Gasteiger partial charge in [-0.25, -0.2) is 0 Å². The van der Waals surface area contributed by atoms with Gasteiger partial charge in [0.1, 0.15) is 6.17 Å². The Labute approximate surface area is 237 Å². The van der Waals surface area contributed by atoms with E-state index in [9.17, 15) is 0 Å². The van der Waals surface area contributed by atoms with Gasteiger partial charge in [0, 0.05) is 31.9 Å². The largest absolute Gasteiger partial charge is 0.365 e. The molecule has 1 N–H and O–H groups in total. The lowest BCUT2D eigenvalue weighted by atomic mass is 9.99. The first-order chi connectivity index (χ1) is 19.8. The molecule has 8 rings (SSSR count). The van der Waals surface area contributed by atoms with Gasteiger partial charge in [-0.3, -0.25) is 0 Å². The van der Waals surface area contributed by atoms with E-state index in [4.69, 9.17) is 0 Å². The van der Waals surface area contributed by atoms with Crippen molar-refractivity contribution >= 4 is 69.8 Å². The number of nitrogens with zero attached hydrogens (tertiary/aromatic N) is 1. The maximum absolute atomic E-state index is 3.93. The predicted octanol–water partition coefficient (Wildman–Crippen LogP) is 10.5. The number of aromatic nitrogens is 1. The molecule has 0 bridgehead atoms. The molecule has 1 atom stereocenters. The number of para-hydroxylation sites is 2. The number of nitrogens with one attached hydrogen (secondary N) is 1. The summed E-state index contributed by atoms with van der Waals surface area (Å²) in [6, 6.07) is 46.2. The summed E-state index contributed by atoms with van der Waals surface area (Å²) >= 11 is 1.92. The van der Waals surface area contributed by atoms with Gasteiger partial charge < -0.3 is 9.88 Å². The van der Waals surface area contributed by atoms with Gasteiger partial charge in [-0.15, -0.1) is 11.3 Å². The minimum Gasteiger partial charge on any atom is -0.365 e. The van der Waals surface area contributed by atoms with Crippen LogP contribution in [0.5, 0.6) is 0 Å². The number of thiophene rings is 1. The number of fused-ring (bicyclic) bond motifs is 10. The third kappa shape index (κ3) is 3.55. The van der Waals surface area contributed by atoms with Crippen molar-refractivity contribution in [2.24, 2.45) is 0 Å². The summed E-state index contributed by atoms with van der Waals surface area (Å²) in [5.74, 6) is 0. The van der Waals surface area contributed by atoms with Crippen molar-refractivity contribution in [1.29, 1.82) is 0 Å². The van der Waals surface area contributed by atoms with Crippen LogP contribution in [0.3, 0.4) is 0 Å². The molecule has 192 valence electrons. The zero-order valence-electron chi connectivity index (χ0n) is 22.3. The lowest BCUT2D eigenvalue weighted by Gasteiger charge is -2.22. The third-order valence-corrected chi connectivity index (χ3v) is 9.37. The van der Waals surface area contributed by atoms with Gasteiger partial charge in [0.25, 0.3) is 0 Å². The molecule has 0 amide bonds. The van der Waals surface area contributed by atoms with Crippen LogP contribution >= 0.6 is 11.3 Å². The van der Waals surface area contributed by atoms with E-state index in [1.807, 2.05) is 11.3 Å². The van der Waals surface area contributed by atoms with Crippen molar-refractivity contribution < 1.29 is 0 Å². The average Bonchev–Trinajstić information content (AvgIpc) is 3.56. The number of benzene rings is 6. The van der Waals surface area contributed by atoms with Crippen molar-refractivity contribution in [2.75, 3.05) is 5.32 Å². The lowest BCUT2D eigenvalue weighted by Crippen LogP contribution is -2.15. The first kappa shape index (κ1) is 23.3. The number of rotatable bonds is 5. The summed E-state index contributed by atoms with van der Waals surface area (Å²) in [5.41, 5.74) is 6.38. The molecule has 3 heteroatoms. The van der Waals surface area contributed by atoms with Gasteiger partial charge in [-0.1, -0.05) is 109 Å². The fourth-order valence-electron chi connectivity index (χ4n) is 6.48. The summed E-state index contributed by atoms with van der Waals surface area (Å²) in [6.07, 6.45) is 0.934. The van der Waals surface area contributed by atoms with E-state index >= 15 is 0 Å². The molecule has 0 spiro atoms. The zero-order valence-corrected chi connectivity index (χ0v) is 23.1. The molecular weight excluding hydrogens is 504 g/mol. The second-order valence-corrected chi connectivity index (χ2v) is 11.7. The Morgan fingerprint density at radius 1 is 0.625 bits per heavy atom. The van der Waals surface area contributed by atoms with E-state index in [0.717, 1.165) is 6.42 Å². The van der Waals surface area contributed by atoms with Gasteiger partial charge in [0.15, 0.2) is 0 Å². The van der Waals surface area contributed by atoms with Gasteiger partial charge in [-0.2, -0.15) is 0 Å². The highest BCUT2D eigenvalue weighted by atomic mass is 32.1. The van der Waals surface area contributed by atoms with Crippen LogP contribution in [0, 0.1) is 0 Å². The standard InChI is InChI=1S/C37H28N2S/c1-24(38-31-20-10-5-15-26(31)23-25-13-3-2-4-14-25)39-32-21-11-8-18-29(32)34-27-16-6-7-17-28(27)35-30-19-9-12-22-33(30)40-37(35)36(34)39/h2-22,24,38H,23H2,1H3. The summed E-state index contributed by atoms with van der Waals surface area (Å²) in [4.78, 5) is 0. The zero-order chi connectivity index (χ0) is 26.6. The van der Waals surface area contributed by atoms with Crippen LogP contribution in [0.2, 0.25) is 0 Å². The third-order valence-electron chi connectivity index (χ3n) is 8.19. The minimum atomic E-state index is 0.0360. The molecule has 0 saturated carbocycles. The number of hydrogen-bond donors (Lipinski definition) is 1. The highest BCUT2D eigenvalue weighted by Crippen LogP contribution is 2.47. The Kier molecular flexibility index (Phi) is 5.39. The van der Waals surface area contributed by atoms with E-state index in [0.29, 0.717) is 0 Å². The second kappa shape index (κ2) is 9.25. The van der Waals surface area contributed by atoms with Gasteiger partial charge >= 0.3 is 0 Å². The van der Waals surface area contributed by atoms with Gasteiger partial charge in [-0.05, 0) is 53.4 Å². The molecule has 6 aromatic carbocycles. The SMILES string of the molecule is CC(Nc1ccccc1Cc1ccccc1)n1c2ccccc2c2c3ccccc3c3c4ccccc4sc3c21. The summed E-state index contributed by atoms with van der Waals surface area (Å²) in [5, 5.41) is 11.9. The van der Waals surface area contributed by atoms with Crippen molar-refractivity contribution in [3.63, 3.8) is 0 Å². The van der Waals surface area contributed by atoms with Crippen LogP contribution in [0.15, 0.2) is 127 Å². The molecule has 40 heavy (non-hydrogen) atoms. The lowest BCUT2D eigenvalue weighted by molar-refractivity contribution is 0.659. The fraction of sp³-hybridized carbons (Fsp3) is 0.0811. The average molecular weight is 533 g/mol. The van der Waals surface area contributed by atoms with Gasteiger partial charge in [0.05, 0.1) is 15.7 Å². The number of anilines is 1. The highest BCUT2D eigenvalue weighted by Gasteiger charge is 2.23. The molecule has 0 aliphatic carbocycles. The Bertz CT molecular complexity index is 2190. The van der Waals surface area contributed by atoms with E-state index < -0.39 is 0 Å². The molecule has 2 heterocycles. The van der Waals surface area contributed by atoms with Crippen molar-refractivity contribution in [1.82, 2.24) is 4.57 Å². The van der Waals surface area contributed by atoms with Crippen LogP contribution in [-0.2, 0) is 6.42 Å². The molecule has 0 aliphatic rings. The molecule has 8 aromatic rings. The molecule has 0 radical (unpaired) electrons. The van der Waals surface area contributed by atoms with Crippen molar-refractivity contribution in [2.45, 2.75) is 19.5 Å². The van der Waals surface area contributed by atoms with Crippen LogP contribution in [0.1, 0.15) is 24.2 Å². The molecular formula is C37H28N2S. The second-order valence-electron chi connectivity index (χ2n) is 10.6. The Balaban J connectivity index is 1.39. The van der Waals surface area contributed by atoms with Crippen LogP contribution in [0.25, 0.3) is 52.8 Å². The topological polar surface area (TPSA) is 17.0 Å². The molecule has 2 nitrogen and oxygen atoms in total. The van der Waals surface area contributed by atoms with Crippen LogP contribution in [-0.4, -0.2) is 4.57 Å². The van der Waals surface area contributed by atoms with Crippen molar-refractivity contribution in [3.8, 4) is 0 Å². The summed E-state index contributed by atoms with van der Waals surface area (Å²) < 4.78 is 5.23. The predicted molar refractivity (Wildman–Crippen MR) is 174 cm³/mol. The van der Waals surface area contributed by atoms with E-state index in [1.54, 1.807) is 0 Å². The molecule has 0 aliphatic heterocycles. The maximum Gasteiger partial charge on any atom is 0.101 e. The Morgan fingerprint density at radius 3 is 2.08 bits per heavy atom. The quantitative estimate of drug-likeness (QED) is 0.233. The minimum absolute atomic E-state index is 0.0360.